The summed E-state index contributed by atoms with van der Waals surface area (Å²) in [5.74, 6) is 1.16. The van der Waals surface area contributed by atoms with E-state index in [2.05, 4.69) is 46.3 Å². The number of aromatic amines is 1. The van der Waals surface area contributed by atoms with E-state index in [1.54, 1.807) is 13.3 Å². The lowest BCUT2D eigenvalue weighted by molar-refractivity contribution is 0.0745. The Morgan fingerprint density at radius 2 is 2.09 bits per heavy atom. The van der Waals surface area contributed by atoms with Gasteiger partial charge >= 0.3 is 0 Å². The van der Waals surface area contributed by atoms with Gasteiger partial charge in [-0.2, -0.15) is 0 Å². The van der Waals surface area contributed by atoms with Gasteiger partial charge < -0.3 is 14.6 Å². The van der Waals surface area contributed by atoms with Crippen molar-refractivity contribution in [3.8, 4) is 16.3 Å². The molecule has 0 radical (unpaired) electrons. The predicted molar refractivity (Wildman–Crippen MR) is 132 cm³/mol. The third-order valence-corrected chi connectivity index (χ3v) is 7.29. The van der Waals surface area contributed by atoms with E-state index in [-0.39, 0.29) is 5.91 Å². The SMILES string of the molecule is COc1ccc(-c2sc(C)nc2C(=O)N(CCc2c[nH]c3c(C)cccc23)CC2CC2)cn1. The molecule has 0 bridgehead atoms. The smallest absolute Gasteiger partial charge is 0.274 e. The van der Waals surface area contributed by atoms with Crippen LogP contribution in [0.5, 0.6) is 5.88 Å². The lowest BCUT2D eigenvalue weighted by atomic mass is 10.1. The molecule has 3 heterocycles. The fourth-order valence-electron chi connectivity index (χ4n) is 4.27. The van der Waals surface area contributed by atoms with Gasteiger partial charge in [0, 0.05) is 48.0 Å². The topological polar surface area (TPSA) is 71.1 Å². The Morgan fingerprint density at radius 1 is 1.24 bits per heavy atom. The maximum atomic E-state index is 13.7. The fraction of sp³-hybridized carbons (Fsp3) is 0.346. The molecule has 1 aliphatic rings. The molecular weight excluding hydrogens is 432 g/mol. The van der Waals surface area contributed by atoms with Crippen molar-refractivity contribution in [3.05, 3.63) is 64.6 Å². The first-order valence-corrected chi connectivity index (χ1v) is 12.2. The Balaban J connectivity index is 1.41. The van der Waals surface area contributed by atoms with E-state index in [0.717, 1.165) is 28.4 Å². The zero-order valence-electron chi connectivity index (χ0n) is 19.2. The van der Waals surface area contributed by atoms with Crippen LogP contribution in [0.4, 0.5) is 0 Å². The number of thiazole rings is 1. The zero-order chi connectivity index (χ0) is 22.9. The van der Waals surface area contributed by atoms with Gasteiger partial charge in [0.1, 0.15) is 5.69 Å². The quantitative estimate of drug-likeness (QED) is 0.382. The number of nitrogens with one attached hydrogen (secondary N) is 1. The van der Waals surface area contributed by atoms with Crippen LogP contribution < -0.4 is 4.74 Å². The second-order valence-corrected chi connectivity index (χ2v) is 9.96. The van der Waals surface area contributed by atoms with Crippen LogP contribution in [0, 0.1) is 19.8 Å². The molecule has 1 aromatic carbocycles. The molecule has 0 spiro atoms. The summed E-state index contributed by atoms with van der Waals surface area (Å²) < 4.78 is 5.18. The van der Waals surface area contributed by atoms with Gasteiger partial charge in [-0.25, -0.2) is 9.97 Å². The minimum absolute atomic E-state index is 0.00749. The molecule has 4 aromatic rings. The highest BCUT2D eigenvalue weighted by atomic mass is 32.1. The van der Waals surface area contributed by atoms with Gasteiger partial charge in [-0.3, -0.25) is 4.79 Å². The number of fused-ring (bicyclic) bond motifs is 1. The van der Waals surface area contributed by atoms with Gasteiger partial charge in [0.25, 0.3) is 5.91 Å². The number of hydrogen-bond donors (Lipinski definition) is 1. The number of methoxy groups -OCH3 is 1. The number of hydrogen-bond acceptors (Lipinski definition) is 5. The van der Waals surface area contributed by atoms with Crippen LogP contribution in [0.1, 0.15) is 39.5 Å². The Hall–Kier alpha value is -3.19. The normalized spacial score (nSPS) is 13.4. The summed E-state index contributed by atoms with van der Waals surface area (Å²) in [6, 6.07) is 10.1. The molecule has 0 unspecified atom stereocenters. The van der Waals surface area contributed by atoms with Crippen LogP contribution in [0.3, 0.4) is 0 Å². The number of carbonyl (C=O) groups is 1. The maximum absolute atomic E-state index is 13.7. The molecule has 0 saturated heterocycles. The van der Waals surface area contributed by atoms with Crippen LogP contribution >= 0.6 is 11.3 Å². The maximum Gasteiger partial charge on any atom is 0.274 e. The first-order valence-electron chi connectivity index (χ1n) is 11.4. The molecule has 1 aliphatic carbocycles. The molecular formula is C26H28N4O2S. The number of nitrogens with zero attached hydrogens (tertiary/aromatic N) is 3. The van der Waals surface area contributed by atoms with Gasteiger partial charge in [0.05, 0.1) is 17.0 Å². The summed E-state index contributed by atoms with van der Waals surface area (Å²) >= 11 is 1.54. The molecule has 1 amide bonds. The molecule has 0 aliphatic heterocycles. The van der Waals surface area contributed by atoms with E-state index in [1.807, 2.05) is 24.0 Å². The number of pyridine rings is 1. The van der Waals surface area contributed by atoms with Crippen molar-refractivity contribution in [2.45, 2.75) is 33.1 Å². The van der Waals surface area contributed by atoms with Gasteiger partial charge in [0.2, 0.25) is 5.88 Å². The summed E-state index contributed by atoms with van der Waals surface area (Å²) in [5.41, 5.74) is 5.08. The van der Waals surface area contributed by atoms with Crippen LogP contribution in [0.2, 0.25) is 0 Å². The monoisotopic (exact) mass is 460 g/mol. The second-order valence-electron chi connectivity index (χ2n) is 8.76. The van der Waals surface area contributed by atoms with Crippen molar-refractivity contribution in [2.75, 3.05) is 20.2 Å². The Kier molecular flexibility index (Phi) is 5.89. The molecule has 6 nitrogen and oxygen atoms in total. The van der Waals surface area contributed by atoms with Crippen molar-refractivity contribution in [3.63, 3.8) is 0 Å². The standard InChI is InChI=1S/C26H28N4O2S/c1-16-5-4-6-21-19(13-28-23(16)21)11-12-30(15-18-7-8-18)26(31)24-25(33-17(2)29-24)20-9-10-22(32-3)27-14-20/h4-6,9-10,13-14,18,28H,7-8,11-12,15H2,1-3H3. The fourth-order valence-corrected chi connectivity index (χ4v) is 5.17. The number of rotatable bonds is 8. The number of aryl methyl sites for hydroxylation is 2. The van der Waals surface area contributed by atoms with Gasteiger partial charge in [-0.05, 0) is 56.2 Å². The third-order valence-electron chi connectivity index (χ3n) is 6.27. The van der Waals surface area contributed by atoms with Gasteiger partial charge in [-0.15, -0.1) is 11.3 Å². The molecule has 1 fully saturated rings. The summed E-state index contributed by atoms with van der Waals surface area (Å²) in [4.78, 5) is 29.0. The molecule has 5 rings (SSSR count). The number of H-pyrrole nitrogens is 1. The Labute approximate surface area is 197 Å². The van der Waals surface area contributed by atoms with Crippen molar-refractivity contribution in [2.24, 2.45) is 5.92 Å². The highest BCUT2D eigenvalue weighted by molar-refractivity contribution is 7.15. The van der Waals surface area contributed by atoms with Gasteiger partial charge in [0.15, 0.2) is 0 Å². The van der Waals surface area contributed by atoms with E-state index in [0.29, 0.717) is 24.0 Å². The lowest BCUT2D eigenvalue weighted by Gasteiger charge is -2.22. The minimum Gasteiger partial charge on any atom is -0.481 e. The Bertz CT molecular complexity index is 1290. The van der Waals surface area contributed by atoms with Crippen molar-refractivity contribution >= 4 is 28.1 Å². The van der Waals surface area contributed by atoms with Crippen LogP contribution in [0.25, 0.3) is 21.3 Å². The van der Waals surface area contributed by atoms with Crippen LogP contribution in [-0.2, 0) is 6.42 Å². The highest BCUT2D eigenvalue weighted by Crippen LogP contribution is 2.34. The largest absolute Gasteiger partial charge is 0.481 e. The van der Waals surface area contributed by atoms with E-state index >= 15 is 0 Å². The van der Waals surface area contributed by atoms with Crippen LogP contribution in [-0.4, -0.2) is 46.0 Å². The zero-order valence-corrected chi connectivity index (χ0v) is 20.0. The number of benzene rings is 1. The molecule has 1 saturated carbocycles. The first kappa shape index (κ1) is 21.6. The van der Waals surface area contributed by atoms with Crippen LogP contribution in [0.15, 0.2) is 42.7 Å². The predicted octanol–water partition coefficient (Wildman–Crippen LogP) is 5.41. The number of para-hydroxylation sites is 1. The number of aromatic nitrogens is 3. The first-order chi connectivity index (χ1) is 16.0. The Morgan fingerprint density at radius 3 is 2.82 bits per heavy atom. The molecule has 33 heavy (non-hydrogen) atoms. The average Bonchev–Trinajstić information content (AvgIpc) is 3.41. The third kappa shape index (κ3) is 4.50. The number of amides is 1. The van der Waals surface area contributed by atoms with Crippen molar-refractivity contribution < 1.29 is 9.53 Å². The van der Waals surface area contributed by atoms with E-state index in [1.165, 1.54) is 46.2 Å². The van der Waals surface area contributed by atoms with Crippen molar-refractivity contribution in [1.29, 1.82) is 0 Å². The molecule has 3 aromatic heterocycles. The molecule has 1 N–H and O–H groups in total. The molecule has 170 valence electrons. The average molecular weight is 461 g/mol. The molecule has 0 atom stereocenters. The van der Waals surface area contributed by atoms with Crippen molar-refractivity contribution in [1.82, 2.24) is 19.9 Å². The second kappa shape index (κ2) is 8.98. The van der Waals surface area contributed by atoms with E-state index in [9.17, 15) is 4.79 Å². The van der Waals surface area contributed by atoms with Gasteiger partial charge in [-0.1, -0.05) is 18.2 Å². The number of carbonyl (C=O) groups excluding carboxylic acids is 1. The summed E-state index contributed by atoms with van der Waals surface area (Å²) in [5, 5.41) is 2.12. The minimum atomic E-state index is 0.00749. The number of ether oxygens (including phenoxy) is 1. The van der Waals surface area contributed by atoms with E-state index < -0.39 is 0 Å². The summed E-state index contributed by atoms with van der Waals surface area (Å²) in [6.07, 6.45) is 7.04. The van der Waals surface area contributed by atoms with E-state index in [4.69, 9.17) is 4.74 Å². The summed E-state index contributed by atoms with van der Waals surface area (Å²) in [6.45, 7) is 5.53. The summed E-state index contributed by atoms with van der Waals surface area (Å²) in [7, 11) is 1.60. The highest BCUT2D eigenvalue weighted by Gasteiger charge is 2.30. The molecule has 7 heteroatoms. The lowest BCUT2D eigenvalue weighted by Crippen LogP contribution is -2.35.